The molecule has 1 aromatic rings. The van der Waals surface area contributed by atoms with Crippen LogP contribution in [0.3, 0.4) is 0 Å². The van der Waals surface area contributed by atoms with Crippen molar-refractivity contribution in [1.82, 2.24) is 10.2 Å². The van der Waals surface area contributed by atoms with Crippen LogP contribution >= 0.6 is 0 Å². The van der Waals surface area contributed by atoms with Crippen LogP contribution in [0.2, 0.25) is 0 Å². The number of nitrogens with one attached hydrogen (secondary N) is 1. The van der Waals surface area contributed by atoms with Gasteiger partial charge in [0.05, 0.1) is 0 Å². The molecule has 21 heavy (non-hydrogen) atoms. The Balaban J connectivity index is 1.80. The predicted molar refractivity (Wildman–Crippen MR) is 89.7 cm³/mol. The first kappa shape index (κ1) is 15.1. The molecule has 0 spiro atoms. The van der Waals surface area contributed by atoms with E-state index in [1.807, 2.05) is 0 Å². The molecule has 1 unspecified atom stereocenters. The third-order valence-electron chi connectivity index (χ3n) is 5.76. The molecule has 1 heterocycles. The average Bonchev–Trinajstić information content (AvgIpc) is 3.18. The minimum absolute atomic E-state index is 0.413. The lowest BCUT2D eigenvalue weighted by atomic mass is 9.82. The summed E-state index contributed by atoms with van der Waals surface area (Å²) in [6, 6.07) is 9.71. The van der Waals surface area contributed by atoms with Gasteiger partial charge >= 0.3 is 0 Å². The van der Waals surface area contributed by atoms with Crippen molar-refractivity contribution in [2.75, 3.05) is 20.1 Å². The molecule has 1 atom stereocenters. The van der Waals surface area contributed by atoms with E-state index in [0.717, 1.165) is 6.42 Å². The molecule has 1 aliphatic heterocycles. The second-order valence-electron chi connectivity index (χ2n) is 7.04. The van der Waals surface area contributed by atoms with Crippen molar-refractivity contribution in [3.8, 4) is 0 Å². The van der Waals surface area contributed by atoms with E-state index in [1.54, 1.807) is 0 Å². The Morgan fingerprint density at radius 2 is 1.67 bits per heavy atom. The summed E-state index contributed by atoms with van der Waals surface area (Å²) in [6.07, 6.45) is 9.51. The number of hydrogen-bond acceptors (Lipinski definition) is 2. The van der Waals surface area contributed by atoms with Crippen LogP contribution in [0, 0.1) is 6.92 Å². The maximum absolute atomic E-state index is 3.68. The van der Waals surface area contributed by atoms with Crippen LogP contribution < -0.4 is 5.32 Å². The minimum atomic E-state index is 0.413. The molecular formula is C19H30N2. The molecule has 2 nitrogen and oxygen atoms in total. The molecule has 3 rings (SSSR count). The van der Waals surface area contributed by atoms with E-state index in [-0.39, 0.29) is 0 Å². The van der Waals surface area contributed by atoms with Crippen LogP contribution in [0.4, 0.5) is 0 Å². The molecule has 2 aliphatic rings. The second kappa shape index (κ2) is 6.50. The van der Waals surface area contributed by atoms with E-state index < -0.39 is 0 Å². The summed E-state index contributed by atoms with van der Waals surface area (Å²) in [5.74, 6) is 0. The van der Waals surface area contributed by atoms with Crippen LogP contribution in [0.25, 0.3) is 0 Å². The van der Waals surface area contributed by atoms with E-state index in [1.165, 1.54) is 62.7 Å². The summed E-state index contributed by atoms with van der Waals surface area (Å²) in [6.45, 7) is 4.79. The summed E-state index contributed by atoms with van der Waals surface area (Å²) >= 11 is 0. The average molecular weight is 286 g/mol. The van der Waals surface area contributed by atoms with Crippen molar-refractivity contribution in [2.24, 2.45) is 0 Å². The fourth-order valence-electron chi connectivity index (χ4n) is 4.56. The minimum Gasteiger partial charge on any atom is -0.315 e. The summed E-state index contributed by atoms with van der Waals surface area (Å²) in [5, 5.41) is 3.68. The van der Waals surface area contributed by atoms with E-state index in [4.69, 9.17) is 0 Å². The van der Waals surface area contributed by atoms with E-state index in [9.17, 15) is 0 Å². The van der Waals surface area contributed by atoms with Gasteiger partial charge in [0.15, 0.2) is 0 Å². The van der Waals surface area contributed by atoms with Crippen LogP contribution in [-0.2, 0) is 6.42 Å². The molecule has 1 aromatic carbocycles. The predicted octanol–water partition coefficient (Wildman–Crippen LogP) is 3.53. The van der Waals surface area contributed by atoms with E-state index >= 15 is 0 Å². The SMILES string of the molecule is CNC(Cc1ccc(C)cc1)C1(N2CCCC2)CCCC1. The summed E-state index contributed by atoms with van der Waals surface area (Å²) in [5.41, 5.74) is 3.25. The summed E-state index contributed by atoms with van der Waals surface area (Å²) < 4.78 is 0. The summed E-state index contributed by atoms with van der Waals surface area (Å²) in [7, 11) is 2.16. The highest BCUT2D eigenvalue weighted by Gasteiger charge is 2.45. The lowest BCUT2D eigenvalue weighted by Gasteiger charge is -2.45. The van der Waals surface area contributed by atoms with E-state index in [0.29, 0.717) is 11.6 Å². The lowest BCUT2D eigenvalue weighted by Crippen LogP contribution is -2.59. The smallest absolute Gasteiger partial charge is 0.0365 e. The molecule has 0 bridgehead atoms. The Hall–Kier alpha value is -0.860. The van der Waals surface area contributed by atoms with Crippen molar-refractivity contribution in [1.29, 1.82) is 0 Å². The molecule has 2 fully saturated rings. The topological polar surface area (TPSA) is 15.3 Å². The Morgan fingerprint density at radius 3 is 2.24 bits per heavy atom. The largest absolute Gasteiger partial charge is 0.315 e. The first-order chi connectivity index (χ1) is 10.2. The van der Waals surface area contributed by atoms with Gasteiger partial charge in [-0.2, -0.15) is 0 Å². The van der Waals surface area contributed by atoms with Gasteiger partial charge in [-0.25, -0.2) is 0 Å². The number of nitrogens with zero attached hydrogens (tertiary/aromatic N) is 1. The third kappa shape index (κ3) is 3.02. The van der Waals surface area contributed by atoms with Crippen LogP contribution in [0.15, 0.2) is 24.3 Å². The van der Waals surface area contributed by atoms with Gasteiger partial charge in [0.25, 0.3) is 0 Å². The van der Waals surface area contributed by atoms with Crippen molar-refractivity contribution in [3.63, 3.8) is 0 Å². The quantitative estimate of drug-likeness (QED) is 0.891. The Kier molecular flexibility index (Phi) is 4.66. The normalized spacial score (nSPS) is 23.5. The zero-order chi connectivity index (χ0) is 14.7. The molecule has 0 radical (unpaired) electrons. The first-order valence-corrected chi connectivity index (χ1v) is 8.72. The molecule has 116 valence electrons. The third-order valence-corrected chi connectivity index (χ3v) is 5.76. The van der Waals surface area contributed by atoms with Crippen molar-refractivity contribution >= 4 is 0 Å². The highest BCUT2D eigenvalue weighted by atomic mass is 15.2. The van der Waals surface area contributed by atoms with Gasteiger partial charge in [-0.3, -0.25) is 4.90 Å². The van der Waals surface area contributed by atoms with Crippen molar-refractivity contribution in [3.05, 3.63) is 35.4 Å². The first-order valence-electron chi connectivity index (χ1n) is 8.72. The van der Waals surface area contributed by atoms with Crippen LogP contribution in [-0.4, -0.2) is 36.6 Å². The lowest BCUT2D eigenvalue weighted by molar-refractivity contribution is 0.0798. The molecule has 1 aliphatic carbocycles. The fraction of sp³-hybridized carbons (Fsp3) is 0.684. The number of rotatable bonds is 5. The fourth-order valence-corrected chi connectivity index (χ4v) is 4.56. The maximum atomic E-state index is 3.68. The number of likely N-dealkylation sites (N-methyl/N-ethyl adjacent to an activating group) is 1. The summed E-state index contributed by atoms with van der Waals surface area (Å²) in [4.78, 5) is 2.81. The second-order valence-corrected chi connectivity index (χ2v) is 7.04. The number of likely N-dealkylation sites (tertiary alicyclic amines) is 1. The van der Waals surface area contributed by atoms with Gasteiger partial charge < -0.3 is 5.32 Å². The van der Waals surface area contributed by atoms with Gasteiger partial charge in [0.1, 0.15) is 0 Å². The van der Waals surface area contributed by atoms with Crippen molar-refractivity contribution < 1.29 is 0 Å². The van der Waals surface area contributed by atoms with Gasteiger partial charge in [0.2, 0.25) is 0 Å². The standard InChI is InChI=1S/C19H30N2/c1-16-7-9-17(10-8-16)15-18(20-2)19(11-3-4-12-19)21-13-5-6-14-21/h7-10,18,20H,3-6,11-15H2,1-2H3. The monoisotopic (exact) mass is 286 g/mol. The molecule has 2 heteroatoms. The molecule has 0 amide bonds. The van der Waals surface area contributed by atoms with Gasteiger partial charge in [-0.1, -0.05) is 42.7 Å². The van der Waals surface area contributed by atoms with Crippen molar-refractivity contribution in [2.45, 2.75) is 63.5 Å². The molecular weight excluding hydrogens is 256 g/mol. The molecule has 1 saturated carbocycles. The van der Waals surface area contributed by atoms with E-state index in [2.05, 4.69) is 48.5 Å². The number of hydrogen-bond donors (Lipinski definition) is 1. The zero-order valence-electron chi connectivity index (χ0n) is 13.7. The maximum Gasteiger partial charge on any atom is 0.0365 e. The Bertz CT molecular complexity index is 439. The highest BCUT2D eigenvalue weighted by Crippen LogP contribution is 2.40. The van der Waals surface area contributed by atoms with Gasteiger partial charge in [-0.15, -0.1) is 0 Å². The Labute approximate surface area is 129 Å². The molecule has 0 aromatic heterocycles. The Morgan fingerprint density at radius 1 is 1.05 bits per heavy atom. The van der Waals surface area contributed by atoms with Gasteiger partial charge in [0, 0.05) is 11.6 Å². The van der Waals surface area contributed by atoms with Gasteiger partial charge in [-0.05, 0) is 64.7 Å². The molecule has 1 saturated heterocycles. The van der Waals surface area contributed by atoms with Crippen LogP contribution in [0.1, 0.15) is 49.7 Å². The number of benzene rings is 1. The van der Waals surface area contributed by atoms with Crippen LogP contribution in [0.5, 0.6) is 0 Å². The number of aryl methyl sites for hydroxylation is 1. The zero-order valence-corrected chi connectivity index (χ0v) is 13.7. The molecule has 1 N–H and O–H groups in total. The highest BCUT2D eigenvalue weighted by molar-refractivity contribution is 5.23.